The normalized spacial score (nSPS) is 22.5. The molecule has 1 amide bonds. The Kier molecular flexibility index (Phi) is 3.77. The van der Waals surface area contributed by atoms with Crippen LogP contribution in [0.15, 0.2) is 22.7 Å². The van der Waals surface area contributed by atoms with Crippen molar-refractivity contribution in [1.29, 1.82) is 0 Å². The van der Waals surface area contributed by atoms with Gasteiger partial charge in [-0.05, 0) is 34.1 Å². The summed E-state index contributed by atoms with van der Waals surface area (Å²) in [7, 11) is 0. The van der Waals surface area contributed by atoms with Crippen molar-refractivity contribution in [2.45, 2.75) is 18.6 Å². The van der Waals surface area contributed by atoms with Gasteiger partial charge in [-0.1, -0.05) is 0 Å². The van der Waals surface area contributed by atoms with E-state index in [2.05, 4.69) is 15.9 Å². The van der Waals surface area contributed by atoms with E-state index >= 15 is 0 Å². The third kappa shape index (κ3) is 2.71. The number of hydrogen-bond acceptors (Lipinski definition) is 4. The van der Waals surface area contributed by atoms with Crippen molar-refractivity contribution >= 4 is 33.5 Å². The third-order valence-corrected chi connectivity index (χ3v) is 3.79. The van der Waals surface area contributed by atoms with Gasteiger partial charge in [-0.3, -0.25) is 4.79 Å². The van der Waals surface area contributed by atoms with Crippen molar-refractivity contribution in [3.8, 4) is 0 Å². The number of likely N-dealkylation sites (tertiary alicyclic amines) is 1. The van der Waals surface area contributed by atoms with Gasteiger partial charge < -0.3 is 20.8 Å². The summed E-state index contributed by atoms with van der Waals surface area (Å²) in [6, 6.07) is 3.68. The number of carboxylic acid groups (broad SMARTS) is 1. The first-order chi connectivity index (χ1) is 8.90. The molecule has 1 aliphatic heterocycles. The highest BCUT2D eigenvalue weighted by Gasteiger charge is 2.39. The van der Waals surface area contributed by atoms with Gasteiger partial charge in [0.1, 0.15) is 6.04 Å². The number of carboxylic acids is 1. The zero-order valence-corrected chi connectivity index (χ0v) is 11.5. The molecule has 0 aliphatic carbocycles. The number of carbonyl (C=O) groups is 2. The average Bonchev–Trinajstić information content (AvgIpc) is 2.74. The number of halogens is 1. The number of rotatable bonds is 2. The number of amides is 1. The van der Waals surface area contributed by atoms with Crippen molar-refractivity contribution in [2.24, 2.45) is 0 Å². The molecule has 4 N–H and O–H groups in total. The molecule has 1 aliphatic rings. The summed E-state index contributed by atoms with van der Waals surface area (Å²) in [4.78, 5) is 24.5. The molecule has 0 spiro atoms. The van der Waals surface area contributed by atoms with Gasteiger partial charge in [-0.15, -0.1) is 0 Å². The van der Waals surface area contributed by atoms with Crippen LogP contribution in [0.2, 0.25) is 0 Å². The summed E-state index contributed by atoms with van der Waals surface area (Å²) in [6.07, 6.45) is -0.759. The molecule has 2 atom stereocenters. The molecule has 0 bridgehead atoms. The van der Waals surface area contributed by atoms with Crippen molar-refractivity contribution < 1.29 is 19.8 Å². The van der Waals surface area contributed by atoms with Crippen molar-refractivity contribution in [3.63, 3.8) is 0 Å². The topological polar surface area (TPSA) is 104 Å². The van der Waals surface area contributed by atoms with Crippen LogP contribution in [-0.2, 0) is 4.79 Å². The molecule has 102 valence electrons. The molecule has 2 unspecified atom stereocenters. The summed E-state index contributed by atoms with van der Waals surface area (Å²) >= 11 is 3.22. The lowest BCUT2D eigenvalue weighted by Gasteiger charge is -2.21. The summed E-state index contributed by atoms with van der Waals surface area (Å²) in [6.45, 7) is 0.0196. The molecule has 1 aromatic rings. The number of hydrogen-bond donors (Lipinski definition) is 3. The van der Waals surface area contributed by atoms with E-state index in [4.69, 9.17) is 10.8 Å². The highest BCUT2D eigenvalue weighted by atomic mass is 79.9. The quantitative estimate of drug-likeness (QED) is 0.693. The van der Waals surface area contributed by atoms with E-state index in [-0.39, 0.29) is 13.0 Å². The predicted molar refractivity (Wildman–Crippen MR) is 71.6 cm³/mol. The van der Waals surface area contributed by atoms with Gasteiger partial charge >= 0.3 is 5.97 Å². The molecule has 0 aromatic heterocycles. The fourth-order valence-electron chi connectivity index (χ4n) is 2.11. The lowest BCUT2D eigenvalue weighted by Crippen LogP contribution is -2.40. The Bertz CT molecular complexity index is 534. The largest absolute Gasteiger partial charge is 0.480 e. The molecule has 0 saturated carbocycles. The summed E-state index contributed by atoms with van der Waals surface area (Å²) in [5, 5.41) is 18.6. The van der Waals surface area contributed by atoms with Crippen LogP contribution in [0.4, 0.5) is 5.69 Å². The minimum absolute atomic E-state index is 0.0196. The molecule has 1 saturated heterocycles. The van der Waals surface area contributed by atoms with Crippen LogP contribution in [0.25, 0.3) is 0 Å². The van der Waals surface area contributed by atoms with Crippen LogP contribution in [-0.4, -0.2) is 45.7 Å². The smallest absolute Gasteiger partial charge is 0.326 e. The number of nitrogens with zero attached hydrogens (tertiary/aromatic N) is 1. The number of aliphatic hydroxyl groups excluding tert-OH is 1. The summed E-state index contributed by atoms with van der Waals surface area (Å²) < 4.78 is 0.667. The van der Waals surface area contributed by atoms with Crippen molar-refractivity contribution in [3.05, 3.63) is 28.2 Å². The van der Waals surface area contributed by atoms with Gasteiger partial charge in [-0.2, -0.15) is 0 Å². The number of benzene rings is 1. The second-order valence-electron chi connectivity index (χ2n) is 4.44. The van der Waals surface area contributed by atoms with E-state index in [1.54, 1.807) is 12.1 Å². The lowest BCUT2D eigenvalue weighted by atomic mass is 10.1. The molecular weight excluding hydrogens is 316 g/mol. The highest BCUT2D eigenvalue weighted by molar-refractivity contribution is 9.10. The van der Waals surface area contributed by atoms with Crippen LogP contribution < -0.4 is 5.73 Å². The van der Waals surface area contributed by atoms with Crippen LogP contribution in [0.5, 0.6) is 0 Å². The fraction of sp³-hybridized carbons (Fsp3) is 0.333. The van der Waals surface area contributed by atoms with E-state index in [1.165, 1.54) is 6.07 Å². The van der Waals surface area contributed by atoms with Gasteiger partial charge in [0.05, 0.1) is 6.10 Å². The van der Waals surface area contributed by atoms with E-state index in [0.717, 1.165) is 4.90 Å². The number of aliphatic hydroxyl groups is 1. The monoisotopic (exact) mass is 328 g/mol. The third-order valence-electron chi connectivity index (χ3n) is 3.07. The molecule has 1 heterocycles. The predicted octanol–water partition coefficient (Wildman–Crippen LogP) is 0.691. The zero-order chi connectivity index (χ0) is 14.2. The van der Waals surface area contributed by atoms with Crippen molar-refractivity contribution in [2.75, 3.05) is 12.3 Å². The van der Waals surface area contributed by atoms with Crippen LogP contribution in [0.3, 0.4) is 0 Å². The minimum Gasteiger partial charge on any atom is -0.480 e. The van der Waals surface area contributed by atoms with Crippen molar-refractivity contribution in [1.82, 2.24) is 4.90 Å². The average molecular weight is 329 g/mol. The number of nitrogens with two attached hydrogens (primary N) is 1. The second-order valence-corrected chi connectivity index (χ2v) is 5.29. The number of β-amino-alcohol motifs (C(OH)–C–C–N with tert-alkyl or cyclic N) is 1. The first-order valence-electron chi connectivity index (χ1n) is 5.67. The van der Waals surface area contributed by atoms with Gasteiger partial charge in [0.25, 0.3) is 5.91 Å². The van der Waals surface area contributed by atoms with Gasteiger partial charge in [0.2, 0.25) is 0 Å². The van der Waals surface area contributed by atoms with Crippen LogP contribution >= 0.6 is 15.9 Å². The maximum atomic E-state index is 12.3. The molecule has 1 aromatic carbocycles. The Hall–Kier alpha value is -1.60. The molecule has 0 radical (unpaired) electrons. The van der Waals surface area contributed by atoms with Gasteiger partial charge in [-0.25, -0.2) is 4.79 Å². The first kappa shape index (κ1) is 13.8. The molecule has 6 nitrogen and oxygen atoms in total. The minimum atomic E-state index is -1.12. The van der Waals surface area contributed by atoms with Gasteiger partial charge in [0.15, 0.2) is 0 Å². The second kappa shape index (κ2) is 5.18. The molecule has 19 heavy (non-hydrogen) atoms. The van der Waals surface area contributed by atoms with E-state index in [1.807, 2.05) is 0 Å². The maximum Gasteiger partial charge on any atom is 0.326 e. The van der Waals surface area contributed by atoms with E-state index in [0.29, 0.717) is 15.7 Å². The highest BCUT2D eigenvalue weighted by Crippen LogP contribution is 2.24. The Morgan fingerprint density at radius 2 is 2.11 bits per heavy atom. The van der Waals surface area contributed by atoms with Crippen LogP contribution in [0.1, 0.15) is 16.8 Å². The molecule has 7 heteroatoms. The van der Waals surface area contributed by atoms with E-state index < -0.39 is 24.0 Å². The molecule has 1 fully saturated rings. The Balaban J connectivity index is 2.27. The Morgan fingerprint density at radius 3 is 2.68 bits per heavy atom. The fourth-order valence-corrected chi connectivity index (χ4v) is 2.36. The first-order valence-corrected chi connectivity index (χ1v) is 6.46. The summed E-state index contributed by atoms with van der Waals surface area (Å²) in [5.74, 6) is -1.56. The Morgan fingerprint density at radius 1 is 1.42 bits per heavy atom. The zero-order valence-electron chi connectivity index (χ0n) is 9.91. The van der Waals surface area contributed by atoms with E-state index in [9.17, 15) is 14.7 Å². The SMILES string of the molecule is Nc1cc(C(=O)N2CC(O)CC2C(=O)O)ccc1Br. The summed E-state index contributed by atoms with van der Waals surface area (Å²) in [5.41, 5.74) is 6.40. The lowest BCUT2D eigenvalue weighted by molar-refractivity contribution is -0.141. The number of aliphatic carboxylic acids is 1. The standard InChI is InChI=1S/C12H13BrN2O4/c13-8-2-1-6(3-9(8)14)11(17)15-5-7(16)4-10(15)12(18)19/h1-3,7,10,16H,4-5,14H2,(H,18,19). The number of anilines is 1. The van der Waals surface area contributed by atoms with Gasteiger partial charge in [0, 0.05) is 28.7 Å². The van der Waals surface area contributed by atoms with Crippen LogP contribution in [0, 0.1) is 0 Å². The Labute approximate surface area is 117 Å². The number of nitrogen functional groups attached to an aromatic ring is 1. The molecular formula is C12H13BrN2O4. The molecule has 2 rings (SSSR count). The maximum absolute atomic E-state index is 12.3. The number of carbonyl (C=O) groups excluding carboxylic acids is 1.